The van der Waals surface area contributed by atoms with Gasteiger partial charge in [0.05, 0.1) is 15.8 Å². The quantitative estimate of drug-likeness (QED) is 0.308. The van der Waals surface area contributed by atoms with Crippen LogP contribution >= 0.6 is 15.9 Å². The first-order valence-electron chi connectivity index (χ1n) is 14.4. The molecule has 7 heteroatoms. The van der Waals surface area contributed by atoms with Crippen LogP contribution in [0.1, 0.15) is 80.0 Å². The van der Waals surface area contributed by atoms with Gasteiger partial charge in [-0.25, -0.2) is 9.97 Å². The van der Waals surface area contributed by atoms with E-state index in [1.54, 1.807) is 0 Å². The van der Waals surface area contributed by atoms with E-state index >= 15 is 0 Å². The van der Waals surface area contributed by atoms with Gasteiger partial charge in [-0.2, -0.15) is 0 Å². The predicted octanol–water partition coefficient (Wildman–Crippen LogP) is 6.43. The Bertz CT molecular complexity index is 1410. The number of hydrogen-bond acceptors (Lipinski definition) is 6. The number of ketones is 1. The second kappa shape index (κ2) is 11.3. The van der Waals surface area contributed by atoms with Crippen molar-refractivity contribution in [3.05, 3.63) is 80.6 Å². The summed E-state index contributed by atoms with van der Waals surface area (Å²) in [5.74, 6) is 1.34. The van der Waals surface area contributed by atoms with Crippen LogP contribution in [0, 0.1) is 6.92 Å². The van der Waals surface area contributed by atoms with Gasteiger partial charge < -0.3 is 10.4 Å². The fourth-order valence-electron chi connectivity index (χ4n) is 6.46. The van der Waals surface area contributed by atoms with Crippen molar-refractivity contribution in [1.29, 1.82) is 0 Å². The number of hydrogen-bond donors (Lipinski definition) is 2. The molecule has 2 aromatic carbocycles. The number of carbonyl (C=O) groups is 1. The first-order valence-corrected chi connectivity index (χ1v) is 15.2. The minimum absolute atomic E-state index is 0.293. The van der Waals surface area contributed by atoms with Crippen LogP contribution in [0.3, 0.4) is 0 Å². The number of fused-ring (bicyclic) bond motifs is 1. The molecule has 0 radical (unpaired) electrons. The van der Waals surface area contributed by atoms with Crippen molar-refractivity contribution >= 4 is 33.3 Å². The van der Waals surface area contributed by atoms with Crippen LogP contribution < -0.4 is 5.32 Å². The standard InChI is InChI=1S/C33H41BrN4O2/c1-21-16-23(25-10-7-15-38(19-25)20-32(2,3)40)12-13-27(21)36-31-35-18-26(34)28(37-31)14-11-22-8-6-9-24-17-29(39)33(4,5)30(22)24/h6,8-9,12-13,16,18,25,40H,7,10-11,14-15,17,19-20H2,1-5H3,(H,35,36,37)/t25-/m1/s1. The largest absolute Gasteiger partial charge is 0.389 e. The van der Waals surface area contributed by atoms with E-state index in [-0.39, 0.29) is 0 Å². The molecule has 212 valence electrons. The first kappa shape index (κ1) is 28.9. The molecule has 2 aliphatic rings. The monoisotopic (exact) mass is 604 g/mol. The van der Waals surface area contributed by atoms with Crippen molar-refractivity contribution < 1.29 is 9.90 Å². The summed E-state index contributed by atoms with van der Waals surface area (Å²) in [5.41, 5.74) is 6.93. The molecule has 0 saturated carbocycles. The Labute approximate surface area is 246 Å². The van der Waals surface area contributed by atoms with Crippen LogP contribution in [0.15, 0.2) is 47.1 Å². The lowest BCUT2D eigenvalue weighted by molar-refractivity contribution is -0.121. The SMILES string of the molecule is Cc1cc([C@@H]2CCCN(CC(C)(C)O)C2)ccc1Nc1ncc(Br)c(CCc2cccc3c2C(C)(C)C(=O)C3)n1. The molecular formula is C33H41BrN4O2. The van der Waals surface area contributed by atoms with E-state index in [2.05, 4.69) is 74.5 Å². The highest BCUT2D eigenvalue weighted by Gasteiger charge is 2.39. The van der Waals surface area contributed by atoms with E-state index in [0.29, 0.717) is 30.6 Å². The third-order valence-corrected chi connectivity index (χ3v) is 9.10. The number of β-amino-alcohol motifs (C(OH)–C–C–N with tert-alkyl or cyclic N) is 1. The highest BCUT2D eigenvalue weighted by Crippen LogP contribution is 2.38. The van der Waals surface area contributed by atoms with Crippen LogP contribution in [-0.2, 0) is 29.5 Å². The van der Waals surface area contributed by atoms with Crippen LogP contribution in [0.5, 0.6) is 0 Å². The number of anilines is 2. The molecule has 1 aromatic heterocycles. The molecule has 0 spiro atoms. The summed E-state index contributed by atoms with van der Waals surface area (Å²) in [6, 6.07) is 12.9. The van der Waals surface area contributed by atoms with E-state index in [1.165, 1.54) is 23.1 Å². The lowest BCUT2D eigenvalue weighted by Crippen LogP contribution is -2.43. The molecule has 0 bridgehead atoms. The van der Waals surface area contributed by atoms with Crippen LogP contribution in [0.2, 0.25) is 0 Å². The van der Waals surface area contributed by atoms with Crippen LogP contribution in [-0.4, -0.2) is 51.0 Å². The maximum Gasteiger partial charge on any atom is 0.227 e. The molecular weight excluding hydrogens is 564 g/mol. The third-order valence-electron chi connectivity index (χ3n) is 8.44. The number of aryl methyl sites for hydroxylation is 3. The average molecular weight is 606 g/mol. The third kappa shape index (κ3) is 6.32. The molecule has 2 heterocycles. The number of Topliss-reactive ketones (excluding diaryl/α,β-unsaturated/α-hetero) is 1. The molecule has 40 heavy (non-hydrogen) atoms. The minimum Gasteiger partial charge on any atom is -0.389 e. The smallest absolute Gasteiger partial charge is 0.227 e. The minimum atomic E-state index is -0.675. The topological polar surface area (TPSA) is 78.4 Å². The fourth-order valence-corrected chi connectivity index (χ4v) is 6.85. The number of nitrogens with zero attached hydrogens (tertiary/aromatic N) is 3. The van der Waals surface area contributed by atoms with Crippen molar-refractivity contribution in [3.8, 4) is 0 Å². The normalized spacial score (nSPS) is 19.1. The van der Waals surface area contributed by atoms with E-state index in [4.69, 9.17) is 4.98 Å². The van der Waals surface area contributed by atoms with Crippen molar-refractivity contribution in [1.82, 2.24) is 14.9 Å². The Balaban J connectivity index is 1.28. The van der Waals surface area contributed by atoms with Gasteiger partial charge >= 0.3 is 0 Å². The number of piperidine rings is 1. The molecule has 1 atom stereocenters. The van der Waals surface area contributed by atoms with Crippen LogP contribution in [0.4, 0.5) is 11.6 Å². The van der Waals surface area contributed by atoms with Gasteiger partial charge in [-0.3, -0.25) is 9.69 Å². The maximum atomic E-state index is 12.6. The number of aliphatic hydroxyl groups is 1. The number of aromatic nitrogens is 2. The Morgan fingerprint density at radius 3 is 2.75 bits per heavy atom. The lowest BCUT2D eigenvalue weighted by Gasteiger charge is -2.36. The second-order valence-corrected chi connectivity index (χ2v) is 13.6. The number of carbonyl (C=O) groups excluding carboxylic acids is 1. The molecule has 0 unspecified atom stereocenters. The molecule has 2 N–H and O–H groups in total. The van der Waals surface area contributed by atoms with Crippen LogP contribution in [0.25, 0.3) is 0 Å². The second-order valence-electron chi connectivity index (χ2n) is 12.8. The fraction of sp³-hybridized carbons (Fsp3) is 0.485. The lowest BCUT2D eigenvalue weighted by atomic mass is 9.82. The number of benzene rings is 2. The Morgan fingerprint density at radius 2 is 2.00 bits per heavy atom. The van der Waals surface area contributed by atoms with Crippen molar-refractivity contribution in [2.75, 3.05) is 25.0 Å². The summed E-state index contributed by atoms with van der Waals surface area (Å²) >= 11 is 3.65. The molecule has 5 rings (SSSR count). The summed E-state index contributed by atoms with van der Waals surface area (Å²) in [5, 5.41) is 13.7. The number of nitrogens with one attached hydrogen (secondary N) is 1. The molecule has 0 amide bonds. The molecule has 1 fully saturated rings. The van der Waals surface area contributed by atoms with E-state index in [9.17, 15) is 9.90 Å². The van der Waals surface area contributed by atoms with Gasteiger partial charge in [-0.05, 0) is 123 Å². The van der Waals surface area contributed by atoms with Gasteiger partial charge in [-0.15, -0.1) is 0 Å². The Hall–Kier alpha value is -2.61. The zero-order valence-electron chi connectivity index (χ0n) is 24.4. The highest BCUT2D eigenvalue weighted by molar-refractivity contribution is 9.10. The number of likely N-dealkylation sites (tertiary alicyclic amines) is 1. The summed E-state index contributed by atoms with van der Waals surface area (Å²) < 4.78 is 0.890. The predicted molar refractivity (Wildman–Crippen MR) is 164 cm³/mol. The van der Waals surface area contributed by atoms with Crippen molar-refractivity contribution in [2.45, 2.75) is 83.7 Å². The summed E-state index contributed by atoms with van der Waals surface area (Å²) in [4.78, 5) is 24.4. The maximum absolute atomic E-state index is 12.6. The van der Waals surface area contributed by atoms with Gasteiger partial charge in [0, 0.05) is 36.8 Å². The number of rotatable bonds is 8. The zero-order valence-corrected chi connectivity index (χ0v) is 25.9. The Morgan fingerprint density at radius 1 is 1.20 bits per heavy atom. The van der Waals surface area contributed by atoms with E-state index in [0.717, 1.165) is 59.3 Å². The molecule has 3 aromatic rings. The zero-order chi connectivity index (χ0) is 28.7. The van der Waals surface area contributed by atoms with E-state index < -0.39 is 11.0 Å². The van der Waals surface area contributed by atoms with Gasteiger partial charge in [0.2, 0.25) is 5.95 Å². The summed E-state index contributed by atoms with van der Waals surface area (Å²) in [6.07, 6.45) is 6.22. The molecule has 1 saturated heterocycles. The molecule has 1 aliphatic heterocycles. The Kier molecular flexibility index (Phi) is 8.20. The van der Waals surface area contributed by atoms with Gasteiger partial charge in [0.15, 0.2) is 0 Å². The highest BCUT2D eigenvalue weighted by atomic mass is 79.9. The van der Waals surface area contributed by atoms with E-state index in [1.807, 2.05) is 33.9 Å². The first-order chi connectivity index (χ1) is 18.9. The summed E-state index contributed by atoms with van der Waals surface area (Å²) in [7, 11) is 0. The van der Waals surface area contributed by atoms with Gasteiger partial charge in [0.25, 0.3) is 0 Å². The van der Waals surface area contributed by atoms with Gasteiger partial charge in [-0.1, -0.05) is 30.3 Å². The molecule has 1 aliphatic carbocycles. The summed E-state index contributed by atoms with van der Waals surface area (Å²) in [6.45, 7) is 12.7. The average Bonchev–Trinajstić information content (AvgIpc) is 3.13. The number of halogens is 1. The van der Waals surface area contributed by atoms with Crippen molar-refractivity contribution in [3.63, 3.8) is 0 Å². The molecule has 6 nitrogen and oxygen atoms in total. The van der Waals surface area contributed by atoms with Gasteiger partial charge in [0.1, 0.15) is 5.78 Å². The van der Waals surface area contributed by atoms with Crippen molar-refractivity contribution in [2.24, 2.45) is 0 Å².